The molecule has 3 aromatic rings. The third kappa shape index (κ3) is 3.88. The number of benzene rings is 1. The normalized spacial score (nSPS) is 15.9. The molecule has 4 rings (SSSR count). The van der Waals surface area contributed by atoms with Crippen LogP contribution in [0.25, 0.3) is 10.9 Å². The second-order valence-corrected chi connectivity index (χ2v) is 10.6. The molecule has 2 heterocycles. The third-order valence-electron chi connectivity index (χ3n) is 5.49. The number of hydrogen-bond donors (Lipinski definition) is 1. The Kier molecular flexibility index (Phi) is 4.89. The summed E-state index contributed by atoms with van der Waals surface area (Å²) in [5.74, 6) is 0. The van der Waals surface area contributed by atoms with E-state index in [0.717, 1.165) is 42.3 Å². The minimum atomic E-state index is -3.81. The van der Waals surface area contributed by atoms with Gasteiger partial charge >= 0.3 is 0 Å². The van der Waals surface area contributed by atoms with E-state index in [1.807, 2.05) is 56.6 Å². The number of anilines is 1. The Hall–Kier alpha value is -2.41. The number of para-hydroxylation sites is 1. The maximum Gasteiger partial charge on any atom is 0.265 e. The molecule has 154 valence electrons. The van der Waals surface area contributed by atoms with Crippen LogP contribution in [-0.2, 0) is 15.4 Å². The van der Waals surface area contributed by atoms with E-state index < -0.39 is 10.0 Å². The number of aromatic nitrogens is 3. The number of rotatable bonds is 4. The fourth-order valence-corrected chi connectivity index (χ4v) is 5.46. The molecule has 0 bridgehead atoms. The van der Waals surface area contributed by atoms with E-state index in [9.17, 15) is 8.42 Å². The minimum absolute atomic E-state index is 0.260. The molecule has 0 spiro atoms. The van der Waals surface area contributed by atoms with E-state index in [2.05, 4.69) is 9.71 Å². The van der Waals surface area contributed by atoms with Crippen molar-refractivity contribution < 1.29 is 8.42 Å². The van der Waals surface area contributed by atoms with Crippen molar-refractivity contribution in [2.24, 2.45) is 0 Å². The summed E-state index contributed by atoms with van der Waals surface area (Å²) in [5.41, 5.74) is 2.29. The molecule has 0 atom stereocenters. The van der Waals surface area contributed by atoms with Crippen LogP contribution in [0.1, 0.15) is 63.9 Å². The number of pyridine rings is 1. The smallest absolute Gasteiger partial charge is 0.265 e. The molecule has 7 heteroatoms. The van der Waals surface area contributed by atoms with Crippen LogP contribution in [0.2, 0.25) is 0 Å². The summed E-state index contributed by atoms with van der Waals surface area (Å²) in [6.45, 7) is 7.86. The van der Waals surface area contributed by atoms with Gasteiger partial charge in [-0.2, -0.15) is 5.10 Å². The second kappa shape index (κ2) is 7.13. The second-order valence-electron chi connectivity index (χ2n) is 8.94. The predicted molar refractivity (Wildman–Crippen MR) is 116 cm³/mol. The van der Waals surface area contributed by atoms with Crippen molar-refractivity contribution in [3.05, 3.63) is 47.9 Å². The molecule has 1 saturated carbocycles. The van der Waals surface area contributed by atoms with Gasteiger partial charge in [0.1, 0.15) is 4.90 Å². The van der Waals surface area contributed by atoms with Gasteiger partial charge in [0.05, 0.1) is 22.9 Å². The highest BCUT2D eigenvalue weighted by atomic mass is 32.2. The summed E-state index contributed by atoms with van der Waals surface area (Å²) in [4.78, 5) is 4.76. The van der Waals surface area contributed by atoms with Crippen molar-refractivity contribution in [2.75, 3.05) is 4.72 Å². The van der Waals surface area contributed by atoms with Crippen LogP contribution in [0.15, 0.2) is 41.4 Å². The van der Waals surface area contributed by atoms with Crippen LogP contribution in [0.4, 0.5) is 5.69 Å². The summed E-state index contributed by atoms with van der Waals surface area (Å²) in [6, 6.07) is 9.61. The molecule has 6 nitrogen and oxygen atoms in total. The lowest BCUT2D eigenvalue weighted by Crippen LogP contribution is -2.20. The fourth-order valence-electron chi connectivity index (χ4n) is 4.04. The SMILES string of the molecule is Cc1cc(NS(=O)(=O)c2cn(C3CCCC3)nc2C(C)(C)C)c2ccccc2n1. The monoisotopic (exact) mass is 412 g/mol. The topological polar surface area (TPSA) is 76.9 Å². The summed E-state index contributed by atoms with van der Waals surface area (Å²) < 4.78 is 31.6. The summed E-state index contributed by atoms with van der Waals surface area (Å²) >= 11 is 0. The first-order chi connectivity index (χ1) is 13.6. The van der Waals surface area contributed by atoms with Crippen LogP contribution in [0.3, 0.4) is 0 Å². The average Bonchev–Trinajstić information content (AvgIpc) is 3.30. The van der Waals surface area contributed by atoms with Crippen LogP contribution < -0.4 is 4.72 Å². The van der Waals surface area contributed by atoms with Crippen molar-refractivity contribution in [1.82, 2.24) is 14.8 Å². The summed E-state index contributed by atoms with van der Waals surface area (Å²) in [5, 5.41) is 5.52. The van der Waals surface area contributed by atoms with Gasteiger partial charge in [-0.25, -0.2) is 8.42 Å². The maximum atomic E-state index is 13.5. The lowest BCUT2D eigenvalue weighted by atomic mass is 9.92. The molecule has 1 N–H and O–H groups in total. The molecule has 1 fully saturated rings. The van der Waals surface area contributed by atoms with Crippen LogP contribution in [0, 0.1) is 6.92 Å². The Morgan fingerprint density at radius 2 is 1.83 bits per heavy atom. The van der Waals surface area contributed by atoms with Crippen molar-refractivity contribution in [3.8, 4) is 0 Å². The maximum absolute atomic E-state index is 13.5. The highest BCUT2D eigenvalue weighted by Gasteiger charge is 2.32. The van der Waals surface area contributed by atoms with Gasteiger partial charge in [-0.1, -0.05) is 51.8 Å². The standard InChI is InChI=1S/C22H28N4O2S/c1-15-13-19(17-11-7-8-12-18(17)23-15)25-29(27,28)20-14-26(16-9-5-6-10-16)24-21(20)22(2,3)4/h7-8,11-14,16H,5-6,9-10H2,1-4H3,(H,23,25). The molecule has 1 aliphatic carbocycles. The molecule has 0 aliphatic heterocycles. The quantitative estimate of drug-likeness (QED) is 0.657. The molecule has 0 unspecified atom stereocenters. The molecule has 0 radical (unpaired) electrons. The molecule has 29 heavy (non-hydrogen) atoms. The molecule has 2 aromatic heterocycles. The number of fused-ring (bicyclic) bond motifs is 1. The molecule has 1 aromatic carbocycles. The van der Waals surface area contributed by atoms with E-state index in [4.69, 9.17) is 5.10 Å². The first-order valence-corrected chi connectivity index (χ1v) is 11.6. The van der Waals surface area contributed by atoms with Gasteiger partial charge in [0.25, 0.3) is 10.0 Å². The number of aryl methyl sites for hydroxylation is 1. The fraction of sp³-hybridized carbons (Fsp3) is 0.455. The lowest BCUT2D eigenvalue weighted by Gasteiger charge is -2.18. The Morgan fingerprint density at radius 3 is 2.52 bits per heavy atom. The molecular formula is C22H28N4O2S. The number of hydrogen-bond acceptors (Lipinski definition) is 4. The van der Waals surface area contributed by atoms with Gasteiger partial charge in [-0.3, -0.25) is 14.4 Å². The number of nitrogens with one attached hydrogen (secondary N) is 1. The van der Waals surface area contributed by atoms with E-state index in [1.165, 1.54) is 0 Å². The third-order valence-corrected chi connectivity index (χ3v) is 6.85. The van der Waals surface area contributed by atoms with Crippen molar-refractivity contribution in [3.63, 3.8) is 0 Å². The predicted octanol–water partition coefficient (Wildman–Crippen LogP) is 4.95. The number of nitrogens with zero attached hydrogens (tertiary/aromatic N) is 3. The lowest BCUT2D eigenvalue weighted by molar-refractivity contribution is 0.448. The van der Waals surface area contributed by atoms with Gasteiger partial charge in [-0.15, -0.1) is 0 Å². The minimum Gasteiger partial charge on any atom is -0.279 e. The first kappa shape index (κ1) is 19.9. The van der Waals surface area contributed by atoms with Crippen molar-refractivity contribution in [2.45, 2.75) is 69.7 Å². The average molecular weight is 413 g/mol. The zero-order valence-corrected chi connectivity index (χ0v) is 18.3. The van der Waals surface area contributed by atoms with Gasteiger partial charge in [0.15, 0.2) is 0 Å². The Morgan fingerprint density at radius 1 is 1.14 bits per heavy atom. The molecule has 1 aliphatic rings. The largest absolute Gasteiger partial charge is 0.279 e. The van der Waals surface area contributed by atoms with E-state index in [-0.39, 0.29) is 16.4 Å². The molecule has 0 amide bonds. The Balaban J connectivity index is 1.80. The summed E-state index contributed by atoms with van der Waals surface area (Å²) in [6.07, 6.45) is 6.14. The van der Waals surface area contributed by atoms with Crippen LogP contribution >= 0.6 is 0 Å². The summed E-state index contributed by atoms with van der Waals surface area (Å²) in [7, 11) is -3.81. The van der Waals surface area contributed by atoms with Gasteiger partial charge < -0.3 is 0 Å². The zero-order valence-electron chi connectivity index (χ0n) is 17.4. The van der Waals surface area contributed by atoms with E-state index in [0.29, 0.717) is 11.4 Å². The van der Waals surface area contributed by atoms with Crippen molar-refractivity contribution >= 4 is 26.6 Å². The Bertz CT molecular complexity index is 1150. The zero-order chi connectivity index (χ0) is 20.8. The van der Waals surface area contributed by atoms with E-state index in [1.54, 1.807) is 12.3 Å². The van der Waals surface area contributed by atoms with Crippen LogP contribution in [-0.4, -0.2) is 23.2 Å². The van der Waals surface area contributed by atoms with E-state index >= 15 is 0 Å². The van der Waals surface area contributed by atoms with Crippen LogP contribution in [0.5, 0.6) is 0 Å². The highest BCUT2D eigenvalue weighted by Crippen LogP contribution is 2.35. The van der Waals surface area contributed by atoms with Gasteiger partial charge in [0, 0.05) is 22.7 Å². The van der Waals surface area contributed by atoms with Gasteiger partial charge in [-0.05, 0) is 31.9 Å². The Labute approximate surface area is 172 Å². The van der Waals surface area contributed by atoms with Gasteiger partial charge in [0.2, 0.25) is 0 Å². The molecular weight excluding hydrogens is 384 g/mol. The first-order valence-electron chi connectivity index (χ1n) is 10.1. The highest BCUT2D eigenvalue weighted by molar-refractivity contribution is 7.92. The number of sulfonamides is 1. The molecule has 0 saturated heterocycles. The van der Waals surface area contributed by atoms with Crippen molar-refractivity contribution in [1.29, 1.82) is 0 Å².